The average molecular weight is 360 g/mol. The van der Waals surface area contributed by atoms with Crippen LogP contribution in [-0.4, -0.2) is 48.2 Å². The Morgan fingerprint density at radius 2 is 2.12 bits per heavy atom. The minimum atomic E-state index is -4.44. The van der Waals surface area contributed by atoms with Crippen LogP contribution in [0.15, 0.2) is 24.3 Å². The van der Waals surface area contributed by atoms with Crippen LogP contribution in [-0.2, 0) is 11.0 Å². The van der Waals surface area contributed by atoms with Crippen LogP contribution >= 0.6 is 0 Å². The quantitative estimate of drug-likeness (QED) is 0.791. The Morgan fingerprint density at radius 1 is 1.36 bits per heavy atom. The summed E-state index contributed by atoms with van der Waals surface area (Å²) in [5.41, 5.74) is -0.804. The Morgan fingerprint density at radius 3 is 2.80 bits per heavy atom. The molecule has 25 heavy (non-hydrogen) atoms. The van der Waals surface area contributed by atoms with Crippen molar-refractivity contribution in [3.63, 3.8) is 0 Å². The van der Waals surface area contributed by atoms with E-state index in [0.717, 1.165) is 12.1 Å². The summed E-state index contributed by atoms with van der Waals surface area (Å²) in [6.45, 7) is 0.728. The number of hydrogen-bond donors (Lipinski definition) is 2. The van der Waals surface area contributed by atoms with E-state index in [0.29, 0.717) is 19.4 Å². The van der Waals surface area contributed by atoms with E-state index < -0.39 is 29.7 Å². The number of carboxylic acid groups (broad SMARTS) is 1. The zero-order chi connectivity index (χ0) is 18.4. The SMILES string of the molecule is O=C(O)C1CCCN(C(=O)NCCOc2cccc(C(F)(F)F)c2)C1. The molecule has 138 valence electrons. The Hall–Kier alpha value is -2.45. The van der Waals surface area contributed by atoms with Gasteiger partial charge < -0.3 is 20.1 Å². The normalized spacial score (nSPS) is 17.9. The van der Waals surface area contributed by atoms with Gasteiger partial charge in [0.15, 0.2) is 0 Å². The van der Waals surface area contributed by atoms with E-state index in [1.54, 1.807) is 0 Å². The molecule has 6 nitrogen and oxygen atoms in total. The summed E-state index contributed by atoms with van der Waals surface area (Å²) in [7, 11) is 0. The monoisotopic (exact) mass is 360 g/mol. The van der Waals surface area contributed by atoms with Crippen LogP contribution in [0.1, 0.15) is 18.4 Å². The molecule has 0 aliphatic carbocycles. The number of piperidine rings is 1. The van der Waals surface area contributed by atoms with E-state index >= 15 is 0 Å². The van der Waals surface area contributed by atoms with Crippen LogP contribution in [0.25, 0.3) is 0 Å². The van der Waals surface area contributed by atoms with Crippen molar-refractivity contribution in [1.82, 2.24) is 10.2 Å². The number of urea groups is 1. The van der Waals surface area contributed by atoms with Crippen molar-refractivity contribution >= 4 is 12.0 Å². The number of alkyl halides is 3. The van der Waals surface area contributed by atoms with Gasteiger partial charge in [-0.25, -0.2) is 4.79 Å². The van der Waals surface area contributed by atoms with Gasteiger partial charge >= 0.3 is 18.2 Å². The standard InChI is InChI=1S/C16H19F3N2O4/c17-16(18,19)12-4-1-5-13(9-12)25-8-6-20-15(24)21-7-2-3-11(10-21)14(22)23/h1,4-5,9,11H,2-3,6-8,10H2,(H,20,24)(H,22,23). The number of carbonyl (C=O) groups excluding carboxylic acids is 1. The van der Waals surface area contributed by atoms with Gasteiger partial charge in [-0.15, -0.1) is 0 Å². The topological polar surface area (TPSA) is 78.9 Å². The molecule has 1 aromatic rings. The number of benzene rings is 1. The van der Waals surface area contributed by atoms with Crippen molar-refractivity contribution in [2.24, 2.45) is 5.92 Å². The van der Waals surface area contributed by atoms with Gasteiger partial charge in [0, 0.05) is 13.1 Å². The van der Waals surface area contributed by atoms with Crippen LogP contribution in [0.5, 0.6) is 5.75 Å². The number of nitrogens with one attached hydrogen (secondary N) is 1. The Bertz CT molecular complexity index is 622. The van der Waals surface area contributed by atoms with Crippen molar-refractivity contribution < 1.29 is 32.6 Å². The number of nitrogens with zero attached hydrogens (tertiary/aromatic N) is 1. The second-order valence-corrected chi connectivity index (χ2v) is 5.73. The Labute approximate surface area is 142 Å². The molecule has 0 aromatic heterocycles. The second-order valence-electron chi connectivity index (χ2n) is 5.73. The van der Waals surface area contributed by atoms with Gasteiger partial charge in [-0.1, -0.05) is 6.07 Å². The van der Waals surface area contributed by atoms with Crippen LogP contribution in [0.4, 0.5) is 18.0 Å². The summed E-state index contributed by atoms with van der Waals surface area (Å²) in [4.78, 5) is 24.4. The van der Waals surface area contributed by atoms with Crippen molar-refractivity contribution in [2.45, 2.75) is 19.0 Å². The van der Waals surface area contributed by atoms with E-state index in [1.807, 2.05) is 0 Å². The zero-order valence-electron chi connectivity index (χ0n) is 13.4. The van der Waals surface area contributed by atoms with Crippen molar-refractivity contribution in [3.8, 4) is 5.75 Å². The molecule has 1 saturated heterocycles. The summed E-state index contributed by atoms with van der Waals surface area (Å²) >= 11 is 0. The first-order valence-corrected chi connectivity index (χ1v) is 7.83. The van der Waals surface area contributed by atoms with Crippen LogP contribution in [0.3, 0.4) is 0 Å². The number of hydrogen-bond acceptors (Lipinski definition) is 3. The molecule has 0 saturated carbocycles. The minimum Gasteiger partial charge on any atom is -0.492 e. The Balaban J connectivity index is 1.76. The molecule has 1 atom stereocenters. The van der Waals surface area contributed by atoms with E-state index in [9.17, 15) is 22.8 Å². The molecule has 1 aliphatic heterocycles. The summed E-state index contributed by atoms with van der Waals surface area (Å²) in [6.07, 6.45) is -3.29. The number of rotatable bonds is 5. The van der Waals surface area contributed by atoms with E-state index in [1.165, 1.54) is 17.0 Å². The van der Waals surface area contributed by atoms with Crippen molar-refractivity contribution in [3.05, 3.63) is 29.8 Å². The molecule has 9 heteroatoms. The molecule has 0 radical (unpaired) electrons. The fourth-order valence-corrected chi connectivity index (χ4v) is 2.56. The van der Waals surface area contributed by atoms with Crippen molar-refractivity contribution in [1.29, 1.82) is 0 Å². The molecule has 2 rings (SSSR count). The third-order valence-corrected chi connectivity index (χ3v) is 3.87. The number of likely N-dealkylation sites (tertiary alicyclic amines) is 1. The zero-order valence-corrected chi connectivity index (χ0v) is 13.4. The second kappa shape index (κ2) is 8.09. The average Bonchev–Trinajstić information content (AvgIpc) is 2.58. The molecular weight excluding hydrogens is 341 g/mol. The summed E-state index contributed by atoms with van der Waals surface area (Å²) in [5.74, 6) is -1.43. The number of amides is 2. The lowest BCUT2D eigenvalue weighted by molar-refractivity contribution is -0.143. The van der Waals surface area contributed by atoms with Gasteiger partial charge in [0.05, 0.1) is 18.0 Å². The highest BCUT2D eigenvalue weighted by atomic mass is 19.4. The molecule has 1 heterocycles. The molecule has 1 unspecified atom stereocenters. The molecule has 1 fully saturated rings. The van der Waals surface area contributed by atoms with Gasteiger partial charge in [-0.3, -0.25) is 4.79 Å². The van der Waals surface area contributed by atoms with Crippen molar-refractivity contribution in [2.75, 3.05) is 26.2 Å². The number of aliphatic carboxylic acids is 1. The maximum Gasteiger partial charge on any atom is 0.416 e. The van der Waals surface area contributed by atoms with Crippen LogP contribution in [0.2, 0.25) is 0 Å². The highest BCUT2D eigenvalue weighted by molar-refractivity contribution is 5.76. The molecule has 2 amide bonds. The molecule has 1 aliphatic rings. The first-order chi connectivity index (χ1) is 11.8. The third-order valence-electron chi connectivity index (χ3n) is 3.87. The van der Waals surface area contributed by atoms with Crippen LogP contribution < -0.4 is 10.1 Å². The molecule has 0 bridgehead atoms. The largest absolute Gasteiger partial charge is 0.492 e. The maximum atomic E-state index is 12.6. The fraction of sp³-hybridized carbons (Fsp3) is 0.500. The number of carboxylic acids is 1. The highest BCUT2D eigenvalue weighted by Gasteiger charge is 2.30. The first-order valence-electron chi connectivity index (χ1n) is 7.83. The van der Waals surface area contributed by atoms with E-state index in [-0.39, 0.29) is 25.4 Å². The van der Waals surface area contributed by atoms with Crippen LogP contribution in [0, 0.1) is 5.92 Å². The van der Waals surface area contributed by atoms with Gasteiger partial charge in [-0.2, -0.15) is 13.2 Å². The number of carbonyl (C=O) groups is 2. The molecular formula is C16H19F3N2O4. The molecule has 0 spiro atoms. The Kier molecular flexibility index (Phi) is 6.11. The third kappa shape index (κ3) is 5.54. The van der Waals surface area contributed by atoms with Gasteiger partial charge in [0.25, 0.3) is 0 Å². The lowest BCUT2D eigenvalue weighted by Gasteiger charge is -2.30. The predicted molar refractivity (Wildman–Crippen MR) is 82.3 cm³/mol. The minimum absolute atomic E-state index is 0.00322. The number of ether oxygens (including phenoxy) is 1. The first kappa shape index (κ1) is 18.9. The van der Waals surface area contributed by atoms with E-state index in [2.05, 4.69) is 5.32 Å². The lowest BCUT2D eigenvalue weighted by atomic mass is 9.99. The summed E-state index contributed by atoms with van der Waals surface area (Å²) in [5, 5.41) is 11.6. The fourth-order valence-electron chi connectivity index (χ4n) is 2.56. The highest BCUT2D eigenvalue weighted by Crippen LogP contribution is 2.31. The summed E-state index contributed by atoms with van der Waals surface area (Å²) in [6, 6.07) is 4.09. The lowest BCUT2D eigenvalue weighted by Crippen LogP contribution is -2.47. The molecule has 1 aromatic carbocycles. The molecule has 2 N–H and O–H groups in total. The maximum absolute atomic E-state index is 12.6. The van der Waals surface area contributed by atoms with Gasteiger partial charge in [-0.05, 0) is 31.0 Å². The smallest absolute Gasteiger partial charge is 0.416 e. The number of halogens is 3. The van der Waals surface area contributed by atoms with Gasteiger partial charge in [0.2, 0.25) is 0 Å². The summed E-state index contributed by atoms with van der Waals surface area (Å²) < 4.78 is 43.0. The predicted octanol–water partition coefficient (Wildman–Crippen LogP) is 2.59. The van der Waals surface area contributed by atoms with E-state index in [4.69, 9.17) is 9.84 Å². The van der Waals surface area contributed by atoms with Gasteiger partial charge in [0.1, 0.15) is 12.4 Å².